The lowest BCUT2D eigenvalue weighted by molar-refractivity contribution is -0.139. The molecular formula is C20H15N3O3. The summed E-state index contributed by atoms with van der Waals surface area (Å²) in [4.78, 5) is 14.8. The molecule has 0 saturated carbocycles. The molecule has 2 aromatic carbocycles. The Morgan fingerprint density at radius 2 is 1.96 bits per heavy atom. The Morgan fingerprint density at radius 1 is 1.08 bits per heavy atom. The number of hydrogen-bond acceptors (Lipinski definition) is 4. The molecule has 0 unspecified atom stereocenters. The Labute approximate surface area is 149 Å². The fraction of sp³-hybridized carbons (Fsp3) is 0.0500. The molecule has 4 rings (SSSR count). The Bertz CT molecular complexity index is 1070. The largest absolute Gasteiger partial charge is 0.482 e. The first kappa shape index (κ1) is 15.8. The molecule has 0 amide bonds. The van der Waals surface area contributed by atoms with Crippen LogP contribution in [-0.2, 0) is 4.79 Å². The number of carboxylic acids is 1. The lowest BCUT2D eigenvalue weighted by Crippen LogP contribution is -2.09. The molecule has 0 radical (unpaired) electrons. The van der Waals surface area contributed by atoms with E-state index in [1.807, 2.05) is 54.7 Å². The zero-order valence-corrected chi connectivity index (χ0v) is 13.7. The molecule has 0 aliphatic heterocycles. The summed E-state index contributed by atoms with van der Waals surface area (Å²) in [5.41, 5.74) is 3.73. The zero-order valence-electron chi connectivity index (χ0n) is 13.7. The first-order valence-electron chi connectivity index (χ1n) is 8.04. The molecule has 0 spiro atoms. The third-order valence-corrected chi connectivity index (χ3v) is 3.94. The third kappa shape index (κ3) is 3.25. The normalized spacial score (nSPS) is 10.8. The second kappa shape index (κ2) is 6.68. The first-order chi connectivity index (χ1) is 12.7. The van der Waals surface area contributed by atoms with Gasteiger partial charge in [-0.15, -0.1) is 0 Å². The first-order valence-corrected chi connectivity index (χ1v) is 8.04. The molecule has 0 atom stereocenters. The maximum atomic E-state index is 10.7. The molecule has 4 aromatic rings. The van der Waals surface area contributed by atoms with Crippen LogP contribution in [0.2, 0.25) is 0 Å². The zero-order chi connectivity index (χ0) is 17.9. The summed E-state index contributed by atoms with van der Waals surface area (Å²) < 4.78 is 7.06. The number of nitrogens with zero attached hydrogens (tertiary/aromatic N) is 3. The van der Waals surface area contributed by atoms with Crippen molar-refractivity contribution in [2.75, 3.05) is 6.61 Å². The van der Waals surface area contributed by atoms with E-state index in [1.165, 1.54) is 0 Å². The van der Waals surface area contributed by atoms with Crippen LogP contribution >= 0.6 is 0 Å². The number of fused-ring (bicyclic) bond motifs is 1. The Morgan fingerprint density at radius 3 is 2.77 bits per heavy atom. The minimum atomic E-state index is -1.00. The van der Waals surface area contributed by atoms with Gasteiger partial charge in [0.15, 0.2) is 6.61 Å². The number of aliphatic carboxylic acids is 1. The van der Waals surface area contributed by atoms with Crippen molar-refractivity contribution >= 4 is 16.9 Å². The van der Waals surface area contributed by atoms with Crippen LogP contribution in [0.15, 0.2) is 73.2 Å². The molecule has 1 N–H and O–H groups in total. The van der Waals surface area contributed by atoms with Crippen LogP contribution in [0.1, 0.15) is 0 Å². The number of pyridine rings is 1. The minimum Gasteiger partial charge on any atom is -0.482 e. The maximum absolute atomic E-state index is 10.7. The quantitative estimate of drug-likeness (QED) is 0.598. The summed E-state index contributed by atoms with van der Waals surface area (Å²) >= 11 is 0. The third-order valence-electron chi connectivity index (χ3n) is 3.94. The molecule has 0 saturated heterocycles. The Kier molecular flexibility index (Phi) is 4.07. The summed E-state index contributed by atoms with van der Waals surface area (Å²) in [6.45, 7) is -0.361. The summed E-state index contributed by atoms with van der Waals surface area (Å²) in [7, 11) is 0. The number of carboxylic acid groups (broad SMARTS) is 1. The SMILES string of the molecule is O=C(O)COc1cccc(-c2ccc3nn(-c4cccnc4)cc3c2)c1. The van der Waals surface area contributed by atoms with Crippen LogP contribution in [0.4, 0.5) is 0 Å². The second-order valence-electron chi connectivity index (χ2n) is 5.77. The van der Waals surface area contributed by atoms with Gasteiger partial charge < -0.3 is 9.84 Å². The van der Waals surface area contributed by atoms with E-state index in [1.54, 1.807) is 23.1 Å². The fourth-order valence-corrected chi connectivity index (χ4v) is 2.74. The van der Waals surface area contributed by atoms with Crippen LogP contribution in [-0.4, -0.2) is 32.4 Å². The number of rotatable bonds is 5. The summed E-state index contributed by atoms with van der Waals surface area (Å²) in [5, 5.41) is 14.3. The van der Waals surface area contributed by atoms with Gasteiger partial charge in [0.1, 0.15) is 5.75 Å². The molecule has 2 aromatic heterocycles. The van der Waals surface area contributed by atoms with Crippen LogP contribution in [0.5, 0.6) is 5.75 Å². The molecule has 128 valence electrons. The van der Waals surface area contributed by atoms with Gasteiger partial charge in [0.2, 0.25) is 0 Å². The van der Waals surface area contributed by atoms with Gasteiger partial charge in [0, 0.05) is 17.8 Å². The van der Waals surface area contributed by atoms with Crippen molar-refractivity contribution in [3.05, 3.63) is 73.2 Å². The van der Waals surface area contributed by atoms with E-state index >= 15 is 0 Å². The van der Waals surface area contributed by atoms with Gasteiger partial charge in [0.25, 0.3) is 0 Å². The van der Waals surface area contributed by atoms with Gasteiger partial charge in [-0.05, 0) is 47.5 Å². The number of ether oxygens (including phenoxy) is 1. The van der Waals surface area contributed by atoms with Crippen molar-refractivity contribution in [2.45, 2.75) is 0 Å². The van der Waals surface area contributed by atoms with Gasteiger partial charge in [-0.3, -0.25) is 4.98 Å². The van der Waals surface area contributed by atoms with Gasteiger partial charge in [0.05, 0.1) is 17.4 Å². The van der Waals surface area contributed by atoms with Gasteiger partial charge in [-0.1, -0.05) is 18.2 Å². The number of benzene rings is 2. The lowest BCUT2D eigenvalue weighted by Gasteiger charge is -2.06. The number of carbonyl (C=O) groups is 1. The molecule has 0 aliphatic rings. The molecular weight excluding hydrogens is 330 g/mol. The highest BCUT2D eigenvalue weighted by molar-refractivity contribution is 5.84. The minimum absolute atomic E-state index is 0.361. The van der Waals surface area contributed by atoms with Gasteiger partial charge in [-0.2, -0.15) is 5.10 Å². The van der Waals surface area contributed by atoms with Crippen molar-refractivity contribution in [1.29, 1.82) is 0 Å². The van der Waals surface area contributed by atoms with Crippen LogP contribution in [0.25, 0.3) is 27.7 Å². The predicted octanol–water partition coefficient (Wildman–Crippen LogP) is 3.55. The van der Waals surface area contributed by atoms with Crippen LogP contribution in [0, 0.1) is 0 Å². The van der Waals surface area contributed by atoms with Crippen molar-refractivity contribution in [2.24, 2.45) is 0 Å². The van der Waals surface area contributed by atoms with E-state index in [4.69, 9.17) is 9.84 Å². The molecule has 0 aliphatic carbocycles. The van der Waals surface area contributed by atoms with Crippen LogP contribution in [0.3, 0.4) is 0 Å². The van der Waals surface area contributed by atoms with Crippen molar-refractivity contribution in [1.82, 2.24) is 14.8 Å². The topological polar surface area (TPSA) is 77.2 Å². The van der Waals surface area contributed by atoms with E-state index in [0.29, 0.717) is 5.75 Å². The van der Waals surface area contributed by atoms with Crippen LogP contribution < -0.4 is 4.74 Å². The van der Waals surface area contributed by atoms with Crippen molar-refractivity contribution < 1.29 is 14.6 Å². The molecule has 6 nitrogen and oxygen atoms in total. The number of aromatic nitrogens is 3. The predicted molar refractivity (Wildman–Crippen MR) is 97.4 cm³/mol. The number of hydrogen-bond donors (Lipinski definition) is 1. The van der Waals surface area contributed by atoms with E-state index in [0.717, 1.165) is 27.7 Å². The van der Waals surface area contributed by atoms with E-state index < -0.39 is 5.97 Å². The Hall–Kier alpha value is -3.67. The summed E-state index contributed by atoms with van der Waals surface area (Å²) in [6.07, 6.45) is 5.45. The lowest BCUT2D eigenvalue weighted by atomic mass is 10.0. The molecule has 6 heteroatoms. The average Bonchev–Trinajstić information content (AvgIpc) is 3.11. The Balaban J connectivity index is 1.67. The highest BCUT2D eigenvalue weighted by Gasteiger charge is 2.07. The van der Waals surface area contributed by atoms with E-state index in [9.17, 15) is 4.79 Å². The maximum Gasteiger partial charge on any atom is 0.341 e. The van der Waals surface area contributed by atoms with E-state index in [-0.39, 0.29) is 6.61 Å². The molecule has 0 bridgehead atoms. The fourth-order valence-electron chi connectivity index (χ4n) is 2.74. The highest BCUT2D eigenvalue weighted by atomic mass is 16.5. The van der Waals surface area contributed by atoms with Gasteiger partial charge >= 0.3 is 5.97 Å². The summed E-state index contributed by atoms with van der Waals surface area (Å²) in [6, 6.07) is 17.2. The highest BCUT2D eigenvalue weighted by Crippen LogP contribution is 2.27. The second-order valence-corrected chi connectivity index (χ2v) is 5.77. The van der Waals surface area contributed by atoms with Crippen molar-refractivity contribution in [3.63, 3.8) is 0 Å². The van der Waals surface area contributed by atoms with Gasteiger partial charge in [-0.25, -0.2) is 9.48 Å². The van der Waals surface area contributed by atoms with Crippen molar-refractivity contribution in [3.8, 4) is 22.6 Å². The standard InChI is InChI=1S/C20H15N3O3/c24-20(25)13-26-18-5-1-3-14(10-18)15-6-7-19-16(9-15)12-23(22-19)17-4-2-8-21-11-17/h1-12H,13H2,(H,24,25). The smallest absolute Gasteiger partial charge is 0.341 e. The monoisotopic (exact) mass is 345 g/mol. The van der Waals surface area contributed by atoms with E-state index in [2.05, 4.69) is 10.1 Å². The average molecular weight is 345 g/mol. The summed E-state index contributed by atoms with van der Waals surface area (Å²) in [5.74, 6) is -0.476. The molecule has 26 heavy (non-hydrogen) atoms. The molecule has 0 fully saturated rings. The molecule has 2 heterocycles.